The van der Waals surface area contributed by atoms with Gasteiger partial charge in [-0.3, -0.25) is 4.79 Å². The molecule has 5 nitrogen and oxygen atoms in total. The summed E-state index contributed by atoms with van der Waals surface area (Å²) < 4.78 is 46.6. The summed E-state index contributed by atoms with van der Waals surface area (Å²) in [4.78, 5) is 14.4. The molecule has 0 fully saturated rings. The largest absolute Gasteiger partial charge is 0.481 e. The number of hydrogen-bond donors (Lipinski definition) is 2. The number of aromatic nitrogens is 1. The maximum Gasteiger partial charge on any atom is 0.417 e. The van der Waals surface area contributed by atoms with Crippen molar-refractivity contribution in [3.05, 3.63) is 58.3 Å². The third-order valence-electron chi connectivity index (χ3n) is 5.01. The van der Waals surface area contributed by atoms with Crippen LogP contribution in [0.3, 0.4) is 0 Å². The summed E-state index contributed by atoms with van der Waals surface area (Å²) in [5.41, 5.74) is -0.931. The van der Waals surface area contributed by atoms with Gasteiger partial charge < -0.3 is 14.8 Å². The molecule has 0 radical (unpaired) electrons. The molecule has 0 amide bonds. The standard InChI is InChI=1S/C19H13F3N2O3/c20-19(21,22)13-5-4-10(9-23)16-15(13)12-6-7-27-18(8-14(25)26,17(12)24-16)11-2-1-3-11/h1-5,24H,6-8H2,(H,25,26). The molecule has 2 aliphatic rings. The second kappa shape index (κ2) is 5.72. The highest BCUT2D eigenvalue weighted by molar-refractivity contribution is 5.93. The van der Waals surface area contributed by atoms with Crippen LogP contribution in [0.1, 0.15) is 28.8 Å². The number of nitriles is 1. The SMILES string of the molecule is N#Cc1ccc(C(F)(F)F)c2c3c([nH]c12)C(CC(=O)O)(C1=CC=C1)OCC3. The van der Waals surface area contributed by atoms with E-state index in [0.717, 1.165) is 12.1 Å². The lowest BCUT2D eigenvalue weighted by atomic mass is 9.79. The Bertz CT molecular complexity index is 1070. The van der Waals surface area contributed by atoms with Crippen molar-refractivity contribution in [2.75, 3.05) is 6.61 Å². The van der Waals surface area contributed by atoms with Crippen LogP contribution in [0.2, 0.25) is 0 Å². The Morgan fingerprint density at radius 1 is 1.41 bits per heavy atom. The Balaban J connectivity index is 2.07. The first-order chi connectivity index (χ1) is 12.8. The van der Waals surface area contributed by atoms with Crippen molar-refractivity contribution in [3.63, 3.8) is 0 Å². The van der Waals surface area contributed by atoms with Gasteiger partial charge in [0.1, 0.15) is 11.7 Å². The van der Waals surface area contributed by atoms with Gasteiger partial charge in [-0.2, -0.15) is 18.4 Å². The van der Waals surface area contributed by atoms with Crippen LogP contribution in [0.4, 0.5) is 13.2 Å². The van der Waals surface area contributed by atoms with E-state index in [2.05, 4.69) is 4.98 Å². The lowest BCUT2D eigenvalue weighted by Crippen LogP contribution is -2.40. The molecule has 138 valence electrons. The van der Waals surface area contributed by atoms with E-state index in [1.165, 1.54) is 0 Å². The molecule has 0 saturated carbocycles. The fourth-order valence-electron chi connectivity index (χ4n) is 3.84. The van der Waals surface area contributed by atoms with Gasteiger partial charge in [-0.15, -0.1) is 0 Å². The first-order valence-corrected chi connectivity index (χ1v) is 8.18. The van der Waals surface area contributed by atoms with Crippen molar-refractivity contribution in [1.29, 1.82) is 5.26 Å². The van der Waals surface area contributed by atoms with Crippen LogP contribution >= 0.6 is 0 Å². The second-order valence-electron chi connectivity index (χ2n) is 6.48. The molecule has 2 heterocycles. The molecular formula is C19H13F3N2O3. The molecule has 1 atom stereocenters. The van der Waals surface area contributed by atoms with Crippen molar-refractivity contribution in [3.8, 4) is 6.07 Å². The minimum atomic E-state index is -4.61. The fourth-order valence-corrected chi connectivity index (χ4v) is 3.84. The Labute approximate surface area is 151 Å². The molecule has 4 rings (SSSR count). The third-order valence-corrected chi connectivity index (χ3v) is 5.01. The van der Waals surface area contributed by atoms with Crippen molar-refractivity contribution in [2.24, 2.45) is 0 Å². The highest BCUT2D eigenvalue weighted by Crippen LogP contribution is 2.48. The number of carboxylic acids is 1. The van der Waals surface area contributed by atoms with E-state index in [-0.39, 0.29) is 35.2 Å². The number of aliphatic carboxylic acids is 1. The number of nitrogens with zero attached hydrogens (tertiary/aromatic N) is 1. The quantitative estimate of drug-likeness (QED) is 0.856. The summed E-state index contributed by atoms with van der Waals surface area (Å²) in [6.07, 6.45) is 0.212. The Morgan fingerprint density at radius 3 is 2.70 bits per heavy atom. The van der Waals surface area contributed by atoms with E-state index < -0.39 is 29.7 Å². The zero-order chi connectivity index (χ0) is 19.4. The van der Waals surface area contributed by atoms with E-state index in [1.54, 1.807) is 18.2 Å². The highest BCUT2D eigenvalue weighted by Gasteiger charge is 2.47. The average Bonchev–Trinajstić information content (AvgIpc) is 2.92. The number of fused-ring (bicyclic) bond motifs is 3. The maximum atomic E-state index is 13.6. The number of allylic oxidation sites excluding steroid dienone is 2. The summed E-state index contributed by atoms with van der Waals surface area (Å²) in [5.74, 6) is -1.14. The summed E-state index contributed by atoms with van der Waals surface area (Å²) in [6.45, 7) is 0.0759. The number of rotatable bonds is 3. The van der Waals surface area contributed by atoms with Crippen LogP contribution in [0, 0.1) is 11.3 Å². The topological polar surface area (TPSA) is 86.1 Å². The lowest BCUT2D eigenvalue weighted by molar-refractivity contribution is -0.145. The van der Waals surface area contributed by atoms with Gasteiger partial charge in [-0.1, -0.05) is 18.2 Å². The van der Waals surface area contributed by atoms with Gasteiger partial charge in [0.25, 0.3) is 0 Å². The van der Waals surface area contributed by atoms with Gasteiger partial charge in [-0.25, -0.2) is 0 Å². The van der Waals surface area contributed by atoms with Crippen LogP contribution in [-0.2, 0) is 27.7 Å². The number of benzene rings is 1. The molecule has 1 aliphatic heterocycles. The first kappa shape index (κ1) is 17.4. The molecule has 2 N–H and O–H groups in total. The highest BCUT2D eigenvalue weighted by atomic mass is 19.4. The number of hydrogen-bond acceptors (Lipinski definition) is 3. The van der Waals surface area contributed by atoms with Crippen LogP contribution in [0.5, 0.6) is 0 Å². The van der Waals surface area contributed by atoms with E-state index in [9.17, 15) is 28.3 Å². The molecule has 0 bridgehead atoms. The molecular weight excluding hydrogens is 361 g/mol. The number of alkyl halides is 3. The molecule has 1 aromatic carbocycles. The number of nitrogens with one attached hydrogen (secondary N) is 1. The van der Waals surface area contributed by atoms with Crippen LogP contribution < -0.4 is 0 Å². The molecule has 1 unspecified atom stereocenters. The lowest BCUT2D eigenvalue weighted by Gasteiger charge is -2.39. The molecule has 8 heteroatoms. The van der Waals surface area contributed by atoms with E-state index in [0.29, 0.717) is 11.1 Å². The number of H-pyrrole nitrogens is 1. The molecule has 1 aromatic heterocycles. The molecule has 1 aliphatic carbocycles. The van der Waals surface area contributed by atoms with E-state index in [4.69, 9.17) is 4.74 Å². The average molecular weight is 374 g/mol. The van der Waals surface area contributed by atoms with Gasteiger partial charge in [0.2, 0.25) is 0 Å². The number of carbonyl (C=O) groups is 1. The Morgan fingerprint density at radius 2 is 2.15 bits per heavy atom. The predicted molar refractivity (Wildman–Crippen MR) is 88.8 cm³/mol. The minimum Gasteiger partial charge on any atom is -0.481 e. The third kappa shape index (κ3) is 2.46. The number of ether oxygens (including phenoxy) is 1. The zero-order valence-corrected chi connectivity index (χ0v) is 13.9. The predicted octanol–water partition coefficient (Wildman–Crippen LogP) is 3.80. The summed E-state index contributed by atoms with van der Waals surface area (Å²) in [5, 5.41) is 18.7. The maximum absolute atomic E-state index is 13.6. The van der Waals surface area contributed by atoms with Gasteiger partial charge in [0, 0.05) is 5.39 Å². The van der Waals surface area contributed by atoms with E-state index in [1.807, 2.05) is 6.07 Å². The Kier molecular flexibility index (Phi) is 3.68. The monoisotopic (exact) mass is 374 g/mol. The van der Waals surface area contributed by atoms with Crippen LogP contribution in [-0.4, -0.2) is 22.7 Å². The zero-order valence-electron chi connectivity index (χ0n) is 13.9. The second-order valence-corrected chi connectivity index (χ2v) is 6.48. The summed E-state index contributed by atoms with van der Waals surface area (Å²) in [6, 6.07) is 3.91. The molecule has 2 aromatic rings. The summed E-state index contributed by atoms with van der Waals surface area (Å²) in [7, 11) is 0. The smallest absolute Gasteiger partial charge is 0.417 e. The van der Waals surface area contributed by atoms with Crippen molar-refractivity contribution in [1.82, 2.24) is 4.98 Å². The summed E-state index contributed by atoms with van der Waals surface area (Å²) >= 11 is 0. The normalized spacial score (nSPS) is 21.3. The fraction of sp³-hybridized carbons (Fsp3) is 0.263. The van der Waals surface area contributed by atoms with Crippen LogP contribution in [0.15, 0.2) is 35.9 Å². The number of carboxylic acid groups (broad SMARTS) is 1. The van der Waals surface area contributed by atoms with Gasteiger partial charge >= 0.3 is 12.1 Å². The molecule has 27 heavy (non-hydrogen) atoms. The van der Waals surface area contributed by atoms with Crippen molar-refractivity contribution >= 4 is 16.9 Å². The van der Waals surface area contributed by atoms with Gasteiger partial charge in [0.05, 0.1) is 35.4 Å². The minimum absolute atomic E-state index is 0.0569. The number of aromatic amines is 1. The van der Waals surface area contributed by atoms with E-state index >= 15 is 0 Å². The molecule has 0 spiro atoms. The van der Waals surface area contributed by atoms with Crippen molar-refractivity contribution in [2.45, 2.75) is 24.6 Å². The Hall–Kier alpha value is -3.05. The van der Waals surface area contributed by atoms with Crippen LogP contribution in [0.25, 0.3) is 10.9 Å². The number of halogens is 3. The molecule has 0 saturated heterocycles. The van der Waals surface area contributed by atoms with Gasteiger partial charge in [-0.05, 0) is 29.7 Å². The van der Waals surface area contributed by atoms with Gasteiger partial charge in [0.15, 0.2) is 0 Å². The van der Waals surface area contributed by atoms with Crippen molar-refractivity contribution < 1.29 is 27.8 Å². The first-order valence-electron chi connectivity index (χ1n) is 8.18.